The van der Waals surface area contributed by atoms with Crippen molar-refractivity contribution < 1.29 is 15.0 Å². The summed E-state index contributed by atoms with van der Waals surface area (Å²) in [5.74, 6) is 1.74. The number of hydrogen-bond donors (Lipinski definition) is 3. The van der Waals surface area contributed by atoms with Crippen molar-refractivity contribution in [2.24, 2.45) is 11.3 Å². The molecule has 0 spiro atoms. The zero-order chi connectivity index (χ0) is 22.2. The van der Waals surface area contributed by atoms with E-state index in [4.69, 9.17) is 10.2 Å². The molecule has 0 aliphatic heterocycles. The maximum Gasteiger partial charge on any atom is 0.173 e. The Labute approximate surface area is 189 Å². The molecule has 1 saturated carbocycles. The first-order chi connectivity index (χ1) is 14.9. The van der Waals surface area contributed by atoms with Crippen LogP contribution in [0.15, 0.2) is 24.3 Å². The zero-order valence-electron chi connectivity index (χ0n) is 18.9. The smallest absolute Gasteiger partial charge is 0.173 e. The molecule has 31 heavy (non-hydrogen) atoms. The zero-order valence-corrected chi connectivity index (χ0v) is 19.7. The first-order valence-corrected chi connectivity index (χ1v) is 12.4. The van der Waals surface area contributed by atoms with Gasteiger partial charge in [-0.2, -0.15) is 0 Å². The maximum atomic E-state index is 13.0. The summed E-state index contributed by atoms with van der Waals surface area (Å²) in [4.78, 5) is 15.4. The second kappa shape index (κ2) is 9.14. The molecule has 168 valence electrons. The SMILES string of the molecule is Cc1sc(C(=O)CCc2ccc(CCCNC(CO)CO)cc2)c2c1[C@H]1[C@@H](C2)C1(C)C. The topological polar surface area (TPSA) is 69.6 Å². The van der Waals surface area contributed by atoms with Crippen LogP contribution in [0, 0.1) is 18.3 Å². The molecule has 5 heteroatoms. The van der Waals surface area contributed by atoms with Gasteiger partial charge in [-0.3, -0.25) is 4.79 Å². The van der Waals surface area contributed by atoms with Crippen LogP contribution >= 0.6 is 11.3 Å². The van der Waals surface area contributed by atoms with Gasteiger partial charge < -0.3 is 15.5 Å². The number of rotatable bonds is 11. The summed E-state index contributed by atoms with van der Waals surface area (Å²) >= 11 is 1.72. The van der Waals surface area contributed by atoms with Crippen molar-refractivity contribution in [2.45, 2.75) is 64.8 Å². The lowest BCUT2D eigenvalue weighted by molar-refractivity contribution is 0.0985. The van der Waals surface area contributed by atoms with E-state index in [2.05, 4.69) is 50.4 Å². The number of aliphatic hydroxyl groups is 2. The number of nitrogens with one attached hydrogen (secondary N) is 1. The molecule has 0 bridgehead atoms. The quantitative estimate of drug-likeness (QED) is 0.364. The fourth-order valence-electron chi connectivity index (χ4n) is 5.39. The molecule has 0 radical (unpaired) electrons. The molecule has 1 fully saturated rings. The second-order valence-corrected chi connectivity index (χ2v) is 11.1. The fraction of sp³-hybridized carbons (Fsp3) is 0.577. The molecule has 1 aromatic heterocycles. The summed E-state index contributed by atoms with van der Waals surface area (Å²) in [6.45, 7) is 7.61. The number of aryl methyl sites for hydroxylation is 3. The molecule has 0 unspecified atom stereocenters. The molecule has 1 heterocycles. The summed E-state index contributed by atoms with van der Waals surface area (Å²) in [5.41, 5.74) is 5.79. The molecule has 4 rings (SSSR count). The fourth-order valence-corrected chi connectivity index (χ4v) is 6.59. The summed E-state index contributed by atoms with van der Waals surface area (Å²) in [7, 11) is 0. The van der Waals surface area contributed by atoms with Crippen LogP contribution in [-0.2, 0) is 19.3 Å². The molecular formula is C26H35NO3S. The van der Waals surface area contributed by atoms with Gasteiger partial charge in [0.25, 0.3) is 0 Å². The Morgan fingerprint density at radius 3 is 2.45 bits per heavy atom. The normalized spacial score (nSPS) is 20.7. The van der Waals surface area contributed by atoms with Crippen molar-refractivity contribution in [1.29, 1.82) is 0 Å². The van der Waals surface area contributed by atoms with E-state index in [-0.39, 0.29) is 19.3 Å². The Morgan fingerprint density at radius 1 is 1.16 bits per heavy atom. The van der Waals surface area contributed by atoms with E-state index in [1.54, 1.807) is 11.3 Å². The van der Waals surface area contributed by atoms with E-state index in [0.717, 1.165) is 43.0 Å². The van der Waals surface area contributed by atoms with Gasteiger partial charge in [0.05, 0.1) is 24.1 Å². The molecule has 2 aliphatic rings. The molecule has 1 aromatic carbocycles. The van der Waals surface area contributed by atoms with Crippen LogP contribution in [0.2, 0.25) is 0 Å². The molecule has 0 amide bonds. The van der Waals surface area contributed by atoms with Crippen molar-refractivity contribution in [3.8, 4) is 0 Å². The third-order valence-corrected chi connectivity index (χ3v) is 8.66. The number of aliphatic hydroxyl groups excluding tert-OH is 2. The van der Waals surface area contributed by atoms with Crippen LogP contribution in [0.4, 0.5) is 0 Å². The average Bonchev–Trinajstić information content (AvgIpc) is 3.07. The van der Waals surface area contributed by atoms with Gasteiger partial charge >= 0.3 is 0 Å². The minimum Gasteiger partial charge on any atom is -0.395 e. The number of benzene rings is 1. The minimum atomic E-state index is -0.231. The van der Waals surface area contributed by atoms with Crippen molar-refractivity contribution in [3.05, 3.63) is 56.3 Å². The van der Waals surface area contributed by atoms with Crippen LogP contribution in [0.1, 0.15) is 69.4 Å². The van der Waals surface area contributed by atoms with Crippen molar-refractivity contribution in [3.63, 3.8) is 0 Å². The standard InChI is InChI=1S/C26H35NO3S/c1-16-23-20(13-21-24(23)26(21,2)3)25(31-16)22(30)11-10-18-8-6-17(7-9-18)5-4-12-27-19(14-28)15-29/h6-9,19,21,24,27-29H,4-5,10-15H2,1-3H3/t21-,24-/m1/s1. The van der Waals surface area contributed by atoms with E-state index in [9.17, 15) is 4.79 Å². The van der Waals surface area contributed by atoms with Crippen LogP contribution in [0.25, 0.3) is 0 Å². The Morgan fingerprint density at radius 2 is 1.81 bits per heavy atom. The molecule has 4 nitrogen and oxygen atoms in total. The van der Waals surface area contributed by atoms with E-state index >= 15 is 0 Å². The average molecular weight is 442 g/mol. The van der Waals surface area contributed by atoms with E-state index in [1.807, 2.05) is 0 Å². The second-order valence-electron chi connectivity index (χ2n) is 9.85. The van der Waals surface area contributed by atoms with Gasteiger partial charge in [-0.15, -0.1) is 11.3 Å². The molecule has 2 aliphatic carbocycles. The largest absolute Gasteiger partial charge is 0.395 e. The van der Waals surface area contributed by atoms with Gasteiger partial charge in [0, 0.05) is 11.3 Å². The van der Waals surface area contributed by atoms with Gasteiger partial charge in [-0.05, 0) is 78.7 Å². The first-order valence-electron chi connectivity index (χ1n) is 11.5. The lowest BCUT2D eigenvalue weighted by Crippen LogP contribution is -2.36. The first kappa shape index (κ1) is 22.7. The number of Topliss-reactive ketones (excluding diaryl/α,β-unsaturated/α-hetero) is 1. The van der Waals surface area contributed by atoms with Crippen molar-refractivity contribution in [1.82, 2.24) is 5.32 Å². The summed E-state index contributed by atoms with van der Waals surface area (Å²) in [6.07, 6.45) is 4.38. The van der Waals surface area contributed by atoms with Gasteiger partial charge in [-0.25, -0.2) is 0 Å². The number of carbonyl (C=O) groups is 1. The Kier molecular flexibility index (Phi) is 6.68. The molecule has 3 N–H and O–H groups in total. The predicted octanol–water partition coefficient (Wildman–Crippen LogP) is 4.04. The predicted molar refractivity (Wildman–Crippen MR) is 126 cm³/mol. The Hall–Kier alpha value is -1.53. The minimum absolute atomic E-state index is 0.0447. The Balaban J connectivity index is 1.26. The number of ketones is 1. The van der Waals surface area contributed by atoms with Crippen LogP contribution < -0.4 is 5.32 Å². The highest BCUT2D eigenvalue weighted by Crippen LogP contribution is 2.71. The van der Waals surface area contributed by atoms with Crippen LogP contribution in [0.3, 0.4) is 0 Å². The summed E-state index contributed by atoms with van der Waals surface area (Å²) in [5, 5.41) is 21.3. The highest BCUT2D eigenvalue weighted by Gasteiger charge is 2.63. The number of carbonyl (C=O) groups excluding carboxylic acids is 1. The highest BCUT2D eigenvalue weighted by atomic mass is 32.1. The van der Waals surface area contributed by atoms with E-state index in [1.165, 1.54) is 27.1 Å². The molecule has 0 saturated heterocycles. The molecule has 2 aromatic rings. The van der Waals surface area contributed by atoms with Gasteiger partial charge in [0.1, 0.15) is 0 Å². The monoisotopic (exact) mass is 441 g/mol. The lowest BCUT2D eigenvalue weighted by atomic mass is 9.94. The Bertz CT molecular complexity index is 927. The van der Waals surface area contributed by atoms with E-state index in [0.29, 0.717) is 23.5 Å². The van der Waals surface area contributed by atoms with Gasteiger partial charge in [0.2, 0.25) is 0 Å². The third-order valence-electron chi connectivity index (χ3n) is 7.45. The van der Waals surface area contributed by atoms with Crippen LogP contribution in [-0.4, -0.2) is 41.8 Å². The maximum absolute atomic E-state index is 13.0. The molecule has 2 atom stereocenters. The van der Waals surface area contributed by atoms with E-state index < -0.39 is 0 Å². The number of fused-ring (bicyclic) bond motifs is 3. The van der Waals surface area contributed by atoms with Gasteiger partial charge in [0.15, 0.2) is 5.78 Å². The highest BCUT2D eigenvalue weighted by molar-refractivity contribution is 7.14. The third kappa shape index (κ3) is 4.51. The lowest BCUT2D eigenvalue weighted by Gasteiger charge is -2.12. The van der Waals surface area contributed by atoms with Crippen LogP contribution in [0.5, 0.6) is 0 Å². The number of thiophene rings is 1. The summed E-state index contributed by atoms with van der Waals surface area (Å²) < 4.78 is 0. The van der Waals surface area contributed by atoms with Gasteiger partial charge in [-0.1, -0.05) is 38.1 Å². The number of hydrogen-bond acceptors (Lipinski definition) is 5. The molecular weight excluding hydrogens is 406 g/mol. The van der Waals surface area contributed by atoms with Crippen molar-refractivity contribution in [2.75, 3.05) is 19.8 Å². The van der Waals surface area contributed by atoms with Crippen molar-refractivity contribution >= 4 is 17.1 Å². The summed E-state index contributed by atoms with van der Waals surface area (Å²) in [6, 6.07) is 8.35.